The number of nitrogens with zero attached hydrogens (tertiary/aromatic N) is 4. The van der Waals surface area contributed by atoms with Crippen LogP contribution < -0.4 is 10.1 Å². The molecule has 0 saturated heterocycles. The van der Waals surface area contributed by atoms with Crippen LogP contribution in [0.15, 0.2) is 47.8 Å². The van der Waals surface area contributed by atoms with Crippen molar-refractivity contribution in [1.29, 1.82) is 0 Å². The van der Waals surface area contributed by atoms with Gasteiger partial charge in [-0.3, -0.25) is 4.79 Å². The van der Waals surface area contributed by atoms with Gasteiger partial charge in [-0.05, 0) is 37.6 Å². The quantitative estimate of drug-likeness (QED) is 0.499. The van der Waals surface area contributed by atoms with Gasteiger partial charge in [0.1, 0.15) is 17.1 Å². The first kappa shape index (κ1) is 18.9. The summed E-state index contributed by atoms with van der Waals surface area (Å²) in [5.74, 6) is 1.71. The molecular formula is C19H21N5O2S. The molecule has 7 nitrogen and oxygen atoms in total. The second-order valence-corrected chi connectivity index (χ2v) is 6.96. The standard InChI is InChI=1S/C19H21N5O2S/c1-13-8-14(2)24(23-13)17-9-19(22-12-21-17)27-11-18(25)20-10-15-4-6-16(26-3)7-5-15/h4-9,12H,10-11H2,1-3H3,(H,20,25). The van der Waals surface area contributed by atoms with E-state index in [0.29, 0.717) is 12.4 Å². The first-order valence-electron chi connectivity index (χ1n) is 8.43. The average Bonchev–Trinajstić information content (AvgIpc) is 3.03. The van der Waals surface area contributed by atoms with Gasteiger partial charge in [-0.1, -0.05) is 23.9 Å². The van der Waals surface area contributed by atoms with E-state index >= 15 is 0 Å². The van der Waals surface area contributed by atoms with Crippen molar-refractivity contribution in [3.05, 3.63) is 59.7 Å². The summed E-state index contributed by atoms with van der Waals surface area (Å²) in [6.45, 7) is 4.39. The van der Waals surface area contributed by atoms with Crippen LogP contribution >= 0.6 is 11.8 Å². The van der Waals surface area contributed by atoms with Gasteiger partial charge in [-0.25, -0.2) is 14.6 Å². The molecule has 0 spiro atoms. The van der Waals surface area contributed by atoms with Crippen LogP contribution in [-0.2, 0) is 11.3 Å². The smallest absolute Gasteiger partial charge is 0.230 e. The maximum atomic E-state index is 12.1. The van der Waals surface area contributed by atoms with Crippen molar-refractivity contribution in [3.63, 3.8) is 0 Å². The Bertz CT molecular complexity index is 924. The minimum Gasteiger partial charge on any atom is -0.497 e. The fourth-order valence-corrected chi connectivity index (χ4v) is 3.21. The van der Waals surface area contributed by atoms with Crippen LogP contribution in [0.1, 0.15) is 17.0 Å². The second-order valence-electron chi connectivity index (χ2n) is 5.97. The molecular weight excluding hydrogens is 362 g/mol. The number of hydrogen-bond acceptors (Lipinski definition) is 6. The molecule has 1 N–H and O–H groups in total. The van der Waals surface area contributed by atoms with Crippen molar-refractivity contribution in [2.45, 2.75) is 25.4 Å². The third-order valence-corrected chi connectivity index (χ3v) is 4.78. The first-order chi connectivity index (χ1) is 13.0. The lowest BCUT2D eigenvalue weighted by Crippen LogP contribution is -2.24. The van der Waals surface area contributed by atoms with E-state index in [0.717, 1.165) is 27.7 Å². The van der Waals surface area contributed by atoms with Gasteiger partial charge < -0.3 is 10.1 Å². The first-order valence-corrected chi connectivity index (χ1v) is 9.42. The third kappa shape index (κ3) is 5.07. The molecule has 0 bridgehead atoms. The highest BCUT2D eigenvalue weighted by atomic mass is 32.2. The Morgan fingerprint density at radius 3 is 2.63 bits per heavy atom. The van der Waals surface area contributed by atoms with Crippen molar-refractivity contribution in [2.75, 3.05) is 12.9 Å². The van der Waals surface area contributed by atoms with Crippen LogP contribution in [0.3, 0.4) is 0 Å². The van der Waals surface area contributed by atoms with Crippen LogP contribution in [0.2, 0.25) is 0 Å². The van der Waals surface area contributed by atoms with Gasteiger partial charge in [-0.15, -0.1) is 0 Å². The number of ether oxygens (including phenoxy) is 1. The predicted octanol–water partition coefficient (Wildman–Crippen LogP) is 2.70. The number of carbonyl (C=O) groups is 1. The third-order valence-electron chi connectivity index (χ3n) is 3.85. The molecule has 0 saturated carbocycles. The molecule has 0 radical (unpaired) electrons. The fraction of sp³-hybridized carbons (Fsp3) is 0.263. The summed E-state index contributed by atoms with van der Waals surface area (Å²) in [6, 6.07) is 11.4. The number of hydrogen-bond donors (Lipinski definition) is 1. The van der Waals surface area contributed by atoms with Gasteiger partial charge in [0.25, 0.3) is 0 Å². The number of benzene rings is 1. The van der Waals surface area contributed by atoms with Gasteiger partial charge in [-0.2, -0.15) is 5.10 Å². The van der Waals surface area contributed by atoms with E-state index in [1.807, 2.05) is 50.2 Å². The van der Waals surface area contributed by atoms with Gasteiger partial charge in [0.15, 0.2) is 5.82 Å². The summed E-state index contributed by atoms with van der Waals surface area (Å²) in [5, 5.41) is 8.05. The summed E-state index contributed by atoms with van der Waals surface area (Å²) >= 11 is 1.37. The highest BCUT2D eigenvalue weighted by molar-refractivity contribution is 7.99. The van der Waals surface area contributed by atoms with E-state index in [-0.39, 0.29) is 11.7 Å². The largest absolute Gasteiger partial charge is 0.497 e. The Labute approximate surface area is 162 Å². The number of nitrogens with one attached hydrogen (secondary N) is 1. The Balaban J connectivity index is 1.54. The van der Waals surface area contributed by atoms with Crippen molar-refractivity contribution in [1.82, 2.24) is 25.1 Å². The Morgan fingerprint density at radius 1 is 1.19 bits per heavy atom. The molecule has 8 heteroatoms. The molecule has 0 aliphatic rings. The molecule has 1 aromatic carbocycles. The number of methoxy groups -OCH3 is 1. The molecule has 27 heavy (non-hydrogen) atoms. The second kappa shape index (κ2) is 8.68. The predicted molar refractivity (Wildman–Crippen MR) is 104 cm³/mol. The highest BCUT2D eigenvalue weighted by Crippen LogP contribution is 2.18. The number of aromatic nitrogens is 4. The molecule has 3 rings (SSSR count). The summed E-state index contributed by atoms with van der Waals surface area (Å²) in [5.41, 5.74) is 2.95. The van der Waals surface area contributed by atoms with E-state index in [1.165, 1.54) is 18.1 Å². The summed E-state index contributed by atoms with van der Waals surface area (Å²) < 4.78 is 6.89. The number of aryl methyl sites for hydroxylation is 2. The van der Waals surface area contributed by atoms with E-state index in [4.69, 9.17) is 4.74 Å². The number of carbonyl (C=O) groups excluding carboxylic acids is 1. The normalized spacial score (nSPS) is 10.6. The van der Waals surface area contributed by atoms with Crippen LogP contribution in [0.4, 0.5) is 0 Å². The van der Waals surface area contributed by atoms with E-state index in [9.17, 15) is 4.79 Å². The van der Waals surface area contributed by atoms with Gasteiger partial charge in [0.05, 0.1) is 18.6 Å². The minimum atomic E-state index is -0.0536. The van der Waals surface area contributed by atoms with Crippen LogP contribution in [0, 0.1) is 13.8 Å². The topological polar surface area (TPSA) is 81.9 Å². The zero-order valence-electron chi connectivity index (χ0n) is 15.5. The summed E-state index contributed by atoms with van der Waals surface area (Å²) in [6.07, 6.45) is 1.49. The van der Waals surface area contributed by atoms with E-state index < -0.39 is 0 Å². The lowest BCUT2D eigenvalue weighted by Gasteiger charge is -2.07. The van der Waals surface area contributed by atoms with E-state index in [2.05, 4.69) is 20.4 Å². The lowest BCUT2D eigenvalue weighted by molar-refractivity contribution is -0.118. The fourth-order valence-electron chi connectivity index (χ4n) is 2.52. The molecule has 0 fully saturated rings. The number of rotatable bonds is 7. The maximum Gasteiger partial charge on any atom is 0.230 e. The summed E-state index contributed by atoms with van der Waals surface area (Å²) in [7, 11) is 1.63. The maximum absolute atomic E-state index is 12.1. The molecule has 3 aromatic rings. The molecule has 0 unspecified atom stereocenters. The number of thioether (sulfide) groups is 1. The van der Waals surface area contributed by atoms with Gasteiger partial charge in [0, 0.05) is 18.3 Å². The average molecular weight is 383 g/mol. The molecule has 2 aromatic heterocycles. The van der Waals surface area contributed by atoms with Crippen molar-refractivity contribution in [3.8, 4) is 11.6 Å². The van der Waals surface area contributed by atoms with Crippen LogP contribution in [0.5, 0.6) is 5.75 Å². The zero-order chi connectivity index (χ0) is 19.2. The van der Waals surface area contributed by atoms with Crippen LogP contribution in [0.25, 0.3) is 5.82 Å². The zero-order valence-corrected chi connectivity index (χ0v) is 16.3. The monoisotopic (exact) mass is 383 g/mol. The Morgan fingerprint density at radius 2 is 1.96 bits per heavy atom. The minimum absolute atomic E-state index is 0.0536. The Kier molecular flexibility index (Phi) is 6.08. The van der Waals surface area contributed by atoms with E-state index in [1.54, 1.807) is 11.8 Å². The number of amides is 1. The van der Waals surface area contributed by atoms with Crippen molar-refractivity contribution >= 4 is 17.7 Å². The van der Waals surface area contributed by atoms with Gasteiger partial charge in [0.2, 0.25) is 5.91 Å². The SMILES string of the molecule is COc1ccc(CNC(=O)CSc2cc(-n3nc(C)cc3C)ncn2)cc1. The lowest BCUT2D eigenvalue weighted by atomic mass is 10.2. The highest BCUT2D eigenvalue weighted by Gasteiger charge is 2.09. The van der Waals surface area contributed by atoms with Crippen LogP contribution in [-0.4, -0.2) is 38.5 Å². The van der Waals surface area contributed by atoms with Crippen molar-refractivity contribution in [2.24, 2.45) is 0 Å². The molecule has 0 aliphatic heterocycles. The molecule has 2 heterocycles. The molecule has 1 amide bonds. The van der Waals surface area contributed by atoms with Gasteiger partial charge >= 0.3 is 0 Å². The molecule has 0 atom stereocenters. The Hall–Kier alpha value is -2.87. The summed E-state index contributed by atoms with van der Waals surface area (Å²) in [4.78, 5) is 20.6. The van der Waals surface area contributed by atoms with Crippen molar-refractivity contribution < 1.29 is 9.53 Å². The molecule has 140 valence electrons. The molecule has 0 aliphatic carbocycles.